The maximum Gasteiger partial charge on any atom is 0.183 e. The first-order chi connectivity index (χ1) is 11.0. The Morgan fingerprint density at radius 2 is 1.96 bits per heavy atom. The molecule has 116 valence electrons. The van der Waals surface area contributed by atoms with Crippen molar-refractivity contribution in [2.75, 3.05) is 11.9 Å². The first-order valence-electron chi connectivity index (χ1n) is 7.29. The van der Waals surface area contributed by atoms with Crippen LogP contribution in [0, 0.1) is 17.1 Å². The number of nitriles is 1. The van der Waals surface area contributed by atoms with Crippen molar-refractivity contribution in [1.29, 1.82) is 5.26 Å². The summed E-state index contributed by atoms with van der Waals surface area (Å²) >= 11 is 1.53. The zero-order valence-corrected chi connectivity index (χ0v) is 13.7. The summed E-state index contributed by atoms with van der Waals surface area (Å²) < 4.78 is 14.1. The second-order valence-corrected chi connectivity index (χ2v) is 7.06. The van der Waals surface area contributed by atoms with E-state index in [0.717, 1.165) is 20.9 Å². The number of benzene rings is 2. The third kappa shape index (κ3) is 3.17. The summed E-state index contributed by atoms with van der Waals surface area (Å²) in [6, 6.07) is 14.3. The molecule has 0 aliphatic heterocycles. The van der Waals surface area contributed by atoms with Crippen molar-refractivity contribution in [2.24, 2.45) is 0 Å². The number of anilines is 1. The molecule has 0 atom stereocenters. The van der Waals surface area contributed by atoms with Gasteiger partial charge in [0.15, 0.2) is 5.13 Å². The van der Waals surface area contributed by atoms with E-state index in [4.69, 9.17) is 5.26 Å². The van der Waals surface area contributed by atoms with Gasteiger partial charge in [0.1, 0.15) is 17.4 Å². The van der Waals surface area contributed by atoms with Crippen LogP contribution in [0.4, 0.5) is 9.52 Å². The smallest absolute Gasteiger partial charge is 0.183 e. The van der Waals surface area contributed by atoms with Gasteiger partial charge in [0.05, 0.1) is 10.3 Å². The van der Waals surface area contributed by atoms with Crippen molar-refractivity contribution in [3.63, 3.8) is 0 Å². The second kappa shape index (κ2) is 5.98. The molecule has 0 unspecified atom stereocenters. The summed E-state index contributed by atoms with van der Waals surface area (Å²) in [6.07, 6.45) is 0. The molecule has 3 aromatic rings. The molecular formula is C18H16FN3S. The Hall–Kier alpha value is -2.45. The van der Waals surface area contributed by atoms with Crippen LogP contribution < -0.4 is 5.32 Å². The van der Waals surface area contributed by atoms with E-state index in [2.05, 4.69) is 30.2 Å². The third-order valence-corrected chi connectivity index (χ3v) is 4.83. The molecule has 0 radical (unpaired) electrons. The van der Waals surface area contributed by atoms with E-state index in [-0.39, 0.29) is 11.2 Å². The second-order valence-electron chi connectivity index (χ2n) is 6.03. The number of aromatic nitrogens is 1. The topological polar surface area (TPSA) is 48.7 Å². The number of hydrogen-bond donors (Lipinski definition) is 1. The van der Waals surface area contributed by atoms with Crippen LogP contribution in [-0.4, -0.2) is 11.5 Å². The van der Waals surface area contributed by atoms with Gasteiger partial charge in [0, 0.05) is 12.0 Å². The van der Waals surface area contributed by atoms with Gasteiger partial charge in [-0.2, -0.15) is 5.26 Å². The van der Waals surface area contributed by atoms with Gasteiger partial charge in [-0.25, -0.2) is 9.37 Å². The minimum atomic E-state index is -0.229. The van der Waals surface area contributed by atoms with Gasteiger partial charge >= 0.3 is 0 Å². The number of thiazole rings is 1. The normalized spacial score (nSPS) is 11.4. The Kier molecular flexibility index (Phi) is 4.01. The summed E-state index contributed by atoms with van der Waals surface area (Å²) in [5, 5.41) is 13.3. The average Bonchev–Trinajstić information content (AvgIpc) is 2.96. The Morgan fingerprint density at radius 3 is 2.65 bits per heavy atom. The van der Waals surface area contributed by atoms with Gasteiger partial charge in [-0.05, 0) is 29.8 Å². The minimum Gasteiger partial charge on any atom is -0.361 e. The van der Waals surface area contributed by atoms with Crippen molar-refractivity contribution in [2.45, 2.75) is 19.3 Å². The van der Waals surface area contributed by atoms with E-state index in [1.165, 1.54) is 23.5 Å². The molecular weight excluding hydrogens is 309 g/mol. The van der Waals surface area contributed by atoms with Gasteiger partial charge in [-0.15, -0.1) is 0 Å². The van der Waals surface area contributed by atoms with Crippen molar-refractivity contribution >= 4 is 26.7 Å². The van der Waals surface area contributed by atoms with Crippen molar-refractivity contribution in [3.8, 4) is 6.07 Å². The molecule has 0 bridgehead atoms. The fourth-order valence-corrected chi connectivity index (χ4v) is 3.30. The van der Waals surface area contributed by atoms with Gasteiger partial charge in [0.2, 0.25) is 0 Å². The lowest BCUT2D eigenvalue weighted by atomic mass is 9.85. The molecule has 2 aromatic carbocycles. The Labute approximate surface area is 138 Å². The third-order valence-electron chi connectivity index (χ3n) is 3.85. The van der Waals surface area contributed by atoms with Crippen LogP contribution in [0.1, 0.15) is 25.0 Å². The monoisotopic (exact) mass is 325 g/mol. The molecule has 0 aliphatic rings. The lowest BCUT2D eigenvalue weighted by molar-refractivity contribution is 0.553. The van der Waals surface area contributed by atoms with Crippen LogP contribution in [-0.2, 0) is 5.41 Å². The lowest BCUT2D eigenvalue weighted by Gasteiger charge is -2.25. The molecule has 0 spiro atoms. The van der Waals surface area contributed by atoms with Crippen LogP contribution in [0.2, 0.25) is 0 Å². The van der Waals surface area contributed by atoms with Crippen molar-refractivity contribution in [3.05, 3.63) is 59.4 Å². The van der Waals surface area contributed by atoms with E-state index < -0.39 is 0 Å². The highest BCUT2D eigenvalue weighted by atomic mass is 32.1. The molecule has 1 N–H and O–H groups in total. The Bertz CT molecular complexity index is 875. The van der Waals surface area contributed by atoms with Crippen LogP contribution in [0.15, 0.2) is 42.5 Å². The number of para-hydroxylation sites is 1. The largest absolute Gasteiger partial charge is 0.361 e. The van der Waals surface area contributed by atoms with Crippen LogP contribution in [0.5, 0.6) is 0 Å². The number of rotatable bonds is 4. The predicted octanol–water partition coefficient (Wildman–Crippen LogP) is 4.70. The summed E-state index contributed by atoms with van der Waals surface area (Å²) in [4.78, 5) is 4.52. The highest BCUT2D eigenvalue weighted by Crippen LogP contribution is 2.30. The van der Waals surface area contributed by atoms with Crippen molar-refractivity contribution in [1.82, 2.24) is 4.98 Å². The summed E-state index contributed by atoms with van der Waals surface area (Å²) in [5.41, 5.74) is 2.22. The highest BCUT2D eigenvalue weighted by Gasteiger charge is 2.21. The van der Waals surface area contributed by atoms with Gasteiger partial charge in [-0.1, -0.05) is 43.4 Å². The van der Waals surface area contributed by atoms with Crippen LogP contribution in [0.25, 0.3) is 10.2 Å². The summed E-state index contributed by atoms with van der Waals surface area (Å²) in [5.74, 6) is -0.229. The van der Waals surface area contributed by atoms with Crippen molar-refractivity contribution < 1.29 is 4.39 Å². The SMILES string of the molecule is CC(C)(CNc1nc2c(C#N)cccc2s1)c1ccc(F)cc1. The standard InChI is InChI=1S/C18H16FN3S/c1-18(2,13-6-8-14(19)9-7-13)11-21-17-22-16-12(10-20)4-3-5-15(16)23-17/h3-9H,11H2,1-2H3,(H,21,22). The zero-order valence-electron chi connectivity index (χ0n) is 12.9. The van der Waals surface area contributed by atoms with Gasteiger partial charge < -0.3 is 5.32 Å². The van der Waals surface area contributed by atoms with E-state index in [1.54, 1.807) is 6.07 Å². The molecule has 0 aliphatic carbocycles. The molecule has 0 saturated heterocycles. The molecule has 1 heterocycles. The predicted molar refractivity (Wildman–Crippen MR) is 92.3 cm³/mol. The molecule has 1 aromatic heterocycles. The first-order valence-corrected chi connectivity index (χ1v) is 8.11. The Morgan fingerprint density at radius 1 is 1.22 bits per heavy atom. The van der Waals surface area contributed by atoms with Crippen LogP contribution >= 0.6 is 11.3 Å². The number of halogens is 1. The molecule has 0 fully saturated rings. The number of nitrogens with one attached hydrogen (secondary N) is 1. The maximum absolute atomic E-state index is 13.1. The molecule has 3 rings (SSSR count). The average molecular weight is 325 g/mol. The molecule has 3 nitrogen and oxygen atoms in total. The number of fused-ring (bicyclic) bond motifs is 1. The number of hydrogen-bond acceptors (Lipinski definition) is 4. The first kappa shape index (κ1) is 15.4. The summed E-state index contributed by atoms with van der Waals surface area (Å²) in [7, 11) is 0. The van der Waals surface area contributed by atoms with E-state index in [1.807, 2.05) is 24.3 Å². The van der Waals surface area contributed by atoms with Gasteiger partial charge in [-0.3, -0.25) is 0 Å². The fourth-order valence-electron chi connectivity index (χ4n) is 2.41. The molecule has 0 amide bonds. The summed E-state index contributed by atoms with van der Waals surface area (Å²) in [6.45, 7) is 4.86. The lowest BCUT2D eigenvalue weighted by Crippen LogP contribution is -2.27. The molecule has 0 saturated carbocycles. The number of nitrogens with zero attached hydrogens (tertiary/aromatic N) is 2. The minimum absolute atomic E-state index is 0.163. The maximum atomic E-state index is 13.1. The van der Waals surface area contributed by atoms with Crippen LogP contribution in [0.3, 0.4) is 0 Å². The Balaban J connectivity index is 1.80. The molecule has 23 heavy (non-hydrogen) atoms. The quantitative estimate of drug-likeness (QED) is 0.756. The van der Waals surface area contributed by atoms with E-state index in [0.29, 0.717) is 12.1 Å². The fraction of sp³-hybridized carbons (Fsp3) is 0.222. The zero-order chi connectivity index (χ0) is 16.4. The van der Waals surface area contributed by atoms with Gasteiger partial charge in [0.25, 0.3) is 0 Å². The van der Waals surface area contributed by atoms with E-state index in [9.17, 15) is 4.39 Å². The highest BCUT2D eigenvalue weighted by molar-refractivity contribution is 7.22. The van der Waals surface area contributed by atoms with E-state index >= 15 is 0 Å². The molecule has 5 heteroatoms.